The smallest absolute Gasteiger partial charge is 0.244 e. The molecule has 3 rings (SSSR count). The van der Waals surface area contributed by atoms with Gasteiger partial charge in [-0.1, -0.05) is 0 Å². The Morgan fingerprint density at radius 2 is 2.22 bits per heavy atom. The Morgan fingerprint density at radius 1 is 1.33 bits per heavy atom. The van der Waals surface area contributed by atoms with Gasteiger partial charge in [-0.2, -0.15) is 4.98 Å². The van der Waals surface area contributed by atoms with Crippen LogP contribution < -0.4 is 10.2 Å². The number of aromatic nitrogens is 3. The van der Waals surface area contributed by atoms with Gasteiger partial charge >= 0.3 is 0 Å². The molecule has 18 heavy (non-hydrogen) atoms. The van der Waals surface area contributed by atoms with Gasteiger partial charge in [-0.15, -0.1) is 5.10 Å². The van der Waals surface area contributed by atoms with Crippen molar-refractivity contribution >= 4 is 5.95 Å². The normalized spacial score (nSPS) is 33.0. The number of nitrogens with one attached hydrogen (secondary N) is 2. The highest BCUT2D eigenvalue weighted by atomic mass is 16.5. The van der Waals surface area contributed by atoms with Crippen molar-refractivity contribution in [3.8, 4) is 0 Å². The largest absolute Gasteiger partial charge is 0.367 e. The minimum absolute atomic E-state index is 0.0987. The first kappa shape index (κ1) is 11.9. The predicted octanol–water partition coefficient (Wildman–Crippen LogP) is 0.843. The van der Waals surface area contributed by atoms with Crippen molar-refractivity contribution in [3.63, 3.8) is 0 Å². The molecule has 2 fully saturated rings. The van der Waals surface area contributed by atoms with Gasteiger partial charge in [0.15, 0.2) is 5.82 Å². The Hall–Kier alpha value is -1.14. The number of rotatable bonds is 2. The molecule has 2 aliphatic rings. The fourth-order valence-electron chi connectivity index (χ4n) is 2.67. The lowest BCUT2D eigenvalue weighted by Crippen LogP contribution is -2.49. The topological polar surface area (TPSA) is 66.1 Å². The van der Waals surface area contributed by atoms with E-state index in [0.717, 1.165) is 44.2 Å². The van der Waals surface area contributed by atoms with Crippen molar-refractivity contribution < 1.29 is 4.74 Å². The summed E-state index contributed by atoms with van der Waals surface area (Å²) in [6.07, 6.45) is 2.57. The van der Waals surface area contributed by atoms with Crippen LogP contribution in [-0.4, -0.2) is 47.0 Å². The van der Waals surface area contributed by atoms with E-state index < -0.39 is 0 Å². The zero-order chi connectivity index (χ0) is 12.5. The van der Waals surface area contributed by atoms with Gasteiger partial charge in [0.2, 0.25) is 5.95 Å². The minimum atomic E-state index is 0.0987. The monoisotopic (exact) mass is 251 g/mol. The summed E-state index contributed by atoms with van der Waals surface area (Å²) < 4.78 is 5.80. The molecule has 2 aliphatic heterocycles. The maximum Gasteiger partial charge on any atom is 0.244 e. The van der Waals surface area contributed by atoms with Crippen molar-refractivity contribution in [2.75, 3.05) is 24.5 Å². The van der Waals surface area contributed by atoms with Crippen molar-refractivity contribution in [1.29, 1.82) is 0 Å². The van der Waals surface area contributed by atoms with Gasteiger partial charge in [-0.25, -0.2) is 0 Å². The minimum Gasteiger partial charge on any atom is -0.367 e. The number of piperazine rings is 1. The third kappa shape index (κ3) is 2.35. The number of ether oxygens (including phenoxy) is 1. The van der Waals surface area contributed by atoms with Crippen LogP contribution in [0.3, 0.4) is 0 Å². The standard InChI is InChI=1S/C12H21N5O/c1-8-7-17(6-5-13-8)12-14-11(15-16-12)10-4-3-9(2)18-10/h8-10,13H,3-7H2,1-2H3,(H,14,15,16)/t8-,9?,10?/m0/s1. The fraction of sp³-hybridized carbons (Fsp3) is 0.833. The molecule has 3 heterocycles. The van der Waals surface area contributed by atoms with Crippen molar-refractivity contribution in [3.05, 3.63) is 5.82 Å². The summed E-state index contributed by atoms with van der Waals surface area (Å²) in [5, 5.41) is 10.8. The van der Waals surface area contributed by atoms with Crippen LogP contribution in [0.2, 0.25) is 0 Å². The lowest BCUT2D eigenvalue weighted by Gasteiger charge is -2.30. The predicted molar refractivity (Wildman–Crippen MR) is 68.6 cm³/mol. The van der Waals surface area contributed by atoms with Gasteiger partial charge in [0.1, 0.15) is 6.10 Å². The third-order valence-electron chi connectivity index (χ3n) is 3.68. The first-order valence-corrected chi connectivity index (χ1v) is 6.78. The molecule has 0 amide bonds. The molecule has 0 spiro atoms. The quantitative estimate of drug-likeness (QED) is 0.815. The number of H-pyrrole nitrogens is 1. The second kappa shape index (κ2) is 4.85. The Morgan fingerprint density at radius 3 is 2.94 bits per heavy atom. The number of hydrogen-bond acceptors (Lipinski definition) is 5. The van der Waals surface area contributed by atoms with Gasteiger partial charge in [-0.05, 0) is 26.7 Å². The highest BCUT2D eigenvalue weighted by molar-refractivity contribution is 5.30. The van der Waals surface area contributed by atoms with Crippen LogP contribution in [-0.2, 0) is 4.74 Å². The van der Waals surface area contributed by atoms with Gasteiger partial charge in [0.05, 0.1) is 6.10 Å². The molecule has 6 nitrogen and oxygen atoms in total. The molecule has 2 unspecified atom stereocenters. The van der Waals surface area contributed by atoms with E-state index in [0.29, 0.717) is 12.1 Å². The molecule has 6 heteroatoms. The third-order valence-corrected chi connectivity index (χ3v) is 3.68. The van der Waals surface area contributed by atoms with Crippen molar-refractivity contribution in [2.24, 2.45) is 0 Å². The molecule has 2 saturated heterocycles. The Bertz CT molecular complexity index is 407. The molecule has 0 radical (unpaired) electrons. The molecule has 1 aromatic rings. The summed E-state index contributed by atoms with van der Waals surface area (Å²) in [6, 6.07) is 0.489. The van der Waals surface area contributed by atoms with Crippen LogP contribution in [0.15, 0.2) is 0 Å². The number of anilines is 1. The van der Waals surface area contributed by atoms with E-state index >= 15 is 0 Å². The van der Waals surface area contributed by atoms with Crippen LogP contribution in [0.4, 0.5) is 5.95 Å². The van der Waals surface area contributed by atoms with E-state index in [4.69, 9.17) is 4.74 Å². The number of hydrogen-bond donors (Lipinski definition) is 2. The first-order chi connectivity index (χ1) is 8.72. The molecule has 0 bridgehead atoms. The summed E-state index contributed by atoms with van der Waals surface area (Å²) >= 11 is 0. The van der Waals surface area contributed by atoms with E-state index in [1.807, 2.05) is 0 Å². The van der Waals surface area contributed by atoms with E-state index in [-0.39, 0.29) is 6.10 Å². The van der Waals surface area contributed by atoms with Crippen LogP contribution >= 0.6 is 0 Å². The van der Waals surface area contributed by atoms with Gasteiger partial charge < -0.3 is 15.0 Å². The zero-order valence-electron chi connectivity index (χ0n) is 11.0. The molecular formula is C12H21N5O. The summed E-state index contributed by atoms with van der Waals surface area (Å²) in [4.78, 5) is 6.81. The Balaban J connectivity index is 1.69. The Kier molecular flexibility index (Phi) is 3.22. The van der Waals surface area contributed by atoms with Crippen molar-refractivity contribution in [2.45, 2.75) is 44.9 Å². The van der Waals surface area contributed by atoms with Crippen LogP contribution in [0.5, 0.6) is 0 Å². The SMILES string of the molecule is CC1CCC(c2nc(N3CCN[C@@H](C)C3)n[nH]2)O1. The molecule has 0 aromatic carbocycles. The summed E-state index contributed by atoms with van der Waals surface area (Å²) in [7, 11) is 0. The molecule has 3 atom stereocenters. The molecule has 1 aromatic heterocycles. The van der Waals surface area contributed by atoms with Gasteiger partial charge in [-0.3, -0.25) is 5.10 Å². The van der Waals surface area contributed by atoms with Gasteiger partial charge in [0, 0.05) is 25.7 Å². The van der Waals surface area contributed by atoms with Crippen LogP contribution in [0.25, 0.3) is 0 Å². The highest BCUT2D eigenvalue weighted by Gasteiger charge is 2.27. The molecule has 100 valence electrons. The Labute approximate surface area is 107 Å². The maximum absolute atomic E-state index is 5.80. The number of aromatic amines is 1. The van der Waals surface area contributed by atoms with E-state index in [2.05, 4.69) is 39.2 Å². The average molecular weight is 251 g/mol. The summed E-state index contributed by atoms with van der Waals surface area (Å²) in [6.45, 7) is 7.20. The lowest BCUT2D eigenvalue weighted by atomic mass is 10.2. The molecular weight excluding hydrogens is 230 g/mol. The first-order valence-electron chi connectivity index (χ1n) is 6.78. The lowest BCUT2D eigenvalue weighted by molar-refractivity contribution is 0.0505. The van der Waals surface area contributed by atoms with Crippen LogP contribution in [0, 0.1) is 0 Å². The van der Waals surface area contributed by atoms with Crippen molar-refractivity contribution in [1.82, 2.24) is 20.5 Å². The second-order valence-corrected chi connectivity index (χ2v) is 5.33. The summed E-state index contributed by atoms with van der Waals surface area (Å²) in [5.74, 6) is 1.68. The number of nitrogens with zero attached hydrogens (tertiary/aromatic N) is 3. The molecule has 0 aliphatic carbocycles. The highest BCUT2D eigenvalue weighted by Crippen LogP contribution is 2.30. The summed E-state index contributed by atoms with van der Waals surface area (Å²) in [5.41, 5.74) is 0. The zero-order valence-corrected chi connectivity index (χ0v) is 11.0. The van der Waals surface area contributed by atoms with E-state index in [1.165, 1.54) is 0 Å². The van der Waals surface area contributed by atoms with E-state index in [1.54, 1.807) is 0 Å². The fourth-order valence-corrected chi connectivity index (χ4v) is 2.67. The molecule has 0 saturated carbocycles. The average Bonchev–Trinajstić information content (AvgIpc) is 2.97. The van der Waals surface area contributed by atoms with E-state index in [9.17, 15) is 0 Å². The molecule has 2 N–H and O–H groups in total. The van der Waals surface area contributed by atoms with Gasteiger partial charge in [0.25, 0.3) is 0 Å². The van der Waals surface area contributed by atoms with Crippen LogP contribution in [0.1, 0.15) is 38.6 Å². The maximum atomic E-state index is 5.80. The second-order valence-electron chi connectivity index (χ2n) is 5.33.